The molecule has 2 aromatic rings. The average molecular weight is 204 g/mol. The lowest BCUT2D eigenvalue weighted by atomic mass is 10.2. The van der Waals surface area contributed by atoms with Crippen molar-refractivity contribution in [3.8, 4) is 11.4 Å². The highest BCUT2D eigenvalue weighted by Gasteiger charge is 2.06. The average Bonchev–Trinajstić information content (AvgIpc) is 2.70. The smallest absolute Gasteiger partial charge is 0.250 e. The Bertz CT molecular complexity index is 526. The summed E-state index contributed by atoms with van der Waals surface area (Å²) in [7, 11) is 1.72. The van der Waals surface area contributed by atoms with Crippen LogP contribution >= 0.6 is 0 Å². The molecule has 5 nitrogen and oxygen atoms in total. The quantitative estimate of drug-likeness (QED) is 0.722. The van der Waals surface area contributed by atoms with Crippen molar-refractivity contribution in [2.75, 3.05) is 0 Å². The van der Waals surface area contributed by atoms with Gasteiger partial charge in [0, 0.05) is 31.4 Å². The van der Waals surface area contributed by atoms with E-state index in [2.05, 4.69) is 10.2 Å². The highest BCUT2D eigenvalue weighted by molar-refractivity contribution is 5.53. The summed E-state index contributed by atoms with van der Waals surface area (Å²) in [6.45, 7) is 2.80. The lowest BCUT2D eigenvalue weighted by Gasteiger charge is -2.03. The number of rotatable bonds is 2. The van der Waals surface area contributed by atoms with Gasteiger partial charge >= 0.3 is 0 Å². The molecule has 0 amide bonds. The Morgan fingerprint density at radius 1 is 1.47 bits per heavy atom. The van der Waals surface area contributed by atoms with E-state index >= 15 is 0 Å². The molecule has 0 saturated carbocycles. The van der Waals surface area contributed by atoms with Crippen LogP contribution in [0.4, 0.5) is 0 Å². The molecule has 0 aliphatic carbocycles. The van der Waals surface area contributed by atoms with Crippen LogP contribution in [0.15, 0.2) is 29.5 Å². The highest BCUT2D eigenvalue weighted by Crippen LogP contribution is 2.13. The maximum atomic E-state index is 11.4. The van der Waals surface area contributed by atoms with Crippen LogP contribution in [0, 0.1) is 0 Å². The summed E-state index contributed by atoms with van der Waals surface area (Å²) in [6, 6.07) is 3.42. The molecule has 0 aliphatic heterocycles. The molecule has 0 spiro atoms. The second kappa shape index (κ2) is 3.68. The van der Waals surface area contributed by atoms with Crippen molar-refractivity contribution in [1.29, 1.82) is 0 Å². The Labute approximate surface area is 87.0 Å². The van der Waals surface area contributed by atoms with Crippen molar-refractivity contribution in [2.24, 2.45) is 7.05 Å². The summed E-state index contributed by atoms with van der Waals surface area (Å²) in [5, 5.41) is 7.82. The zero-order valence-electron chi connectivity index (χ0n) is 8.71. The molecule has 2 rings (SSSR count). The summed E-state index contributed by atoms with van der Waals surface area (Å²) >= 11 is 0. The van der Waals surface area contributed by atoms with Gasteiger partial charge < -0.3 is 9.13 Å². The van der Waals surface area contributed by atoms with Crippen LogP contribution in [-0.2, 0) is 13.6 Å². The number of hydrogen-bond donors (Lipinski definition) is 0. The van der Waals surface area contributed by atoms with Crippen LogP contribution in [0.5, 0.6) is 0 Å². The number of nitrogens with zero attached hydrogens (tertiary/aromatic N) is 4. The fourth-order valence-electron chi connectivity index (χ4n) is 1.40. The Hall–Kier alpha value is -1.91. The van der Waals surface area contributed by atoms with Gasteiger partial charge in [-0.3, -0.25) is 4.79 Å². The van der Waals surface area contributed by atoms with Gasteiger partial charge in [0.05, 0.1) is 0 Å². The SMILES string of the molecule is CCn1cnnc1-c1ccn(C)c(=O)c1. The van der Waals surface area contributed by atoms with Gasteiger partial charge in [-0.1, -0.05) is 0 Å². The second-order valence-electron chi connectivity index (χ2n) is 3.31. The van der Waals surface area contributed by atoms with Crippen LogP contribution in [0.3, 0.4) is 0 Å². The fraction of sp³-hybridized carbons (Fsp3) is 0.300. The molecule has 0 N–H and O–H groups in total. The zero-order chi connectivity index (χ0) is 10.8. The Morgan fingerprint density at radius 3 is 2.93 bits per heavy atom. The molecule has 0 aliphatic rings. The van der Waals surface area contributed by atoms with E-state index in [0.717, 1.165) is 17.9 Å². The molecule has 0 unspecified atom stereocenters. The van der Waals surface area contributed by atoms with Gasteiger partial charge in [-0.25, -0.2) is 0 Å². The minimum Gasteiger partial charge on any atom is -0.319 e. The van der Waals surface area contributed by atoms with Gasteiger partial charge in [-0.05, 0) is 13.0 Å². The monoisotopic (exact) mass is 204 g/mol. The van der Waals surface area contributed by atoms with Gasteiger partial charge in [0.25, 0.3) is 5.56 Å². The third kappa shape index (κ3) is 1.68. The molecule has 0 atom stereocenters. The molecule has 2 heterocycles. The van der Waals surface area contributed by atoms with Gasteiger partial charge in [-0.15, -0.1) is 10.2 Å². The summed E-state index contributed by atoms with van der Waals surface area (Å²) < 4.78 is 3.42. The molecule has 0 saturated heterocycles. The molecule has 0 bridgehead atoms. The molecular formula is C10H12N4O. The molecule has 78 valence electrons. The number of hydrogen-bond acceptors (Lipinski definition) is 3. The largest absolute Gasteiger partial charge is 0.319 e. The molecule has 0 aromatic carbocycles. The topological polar surface area (TPSA) is 52.7 Å². The van der Waals surface area contributed by atoms with E-state index in [0.29, 0.717) is 0 Å². The van der Waals surface area contributed by atoms with E-state index in [4.69, 9.17) is 0 Å². The molecule has 0 fully saturated rings. The summed E-state index contributed by atoms with van der Waals surface area (Å²) in [6.07, 6.45) is 3.39. The third-order valence-electron chi connectivity index (χ3n) is 2.32. The van der Waals surface area contributed by atoms with Crippen molar-refractivity contribution in [2.45, 2.75) is 13.5 Å². The zero-order valence-corrected chi connectivity index (χ0v) is 8.71. The van der Waals surface area contributed by atoms with Crippen molar-refractivity contribution in [1.82, 2.24) is 19.3 Å². The van der Waals surface area contributed by atoms with E-state index in [1.807, 2.05) is 17.6 Å². The molecule has 2 aromatic heterocycles. The molecule has 0 radical (unpaired) electrons. The van der Waals surface area contributed by atoms with Crippen LogP contribution < -0.4 is 5.56 Å². The van der Waals surface area contributed by atoms with E-state index in [1.54, 1.807) is 25.6 Å². The predicted molar refractivity (Wildman–Crippen MR) is 56.4 cm³/mol. The summed E-state index contributed by atoms with van der Waals surface area (Å²) in [5.74, 6) is 0.732. The van der Waals surface area contributed by atoms with Crippen molar-refractivity contribution < 1.29 is 0 Å². The van der Waals surface area contributed by atoms with E-state index < -0.39 is 0 Å². The van der Waals surface area contributed by atoms with Crippen LogP contribution in [0.1, 0.15) is 6.92 Å². The van der Waals surface area contributed by atoms with E-state index in [9.17, 15) is 4.79 Å². The normalized spacial score (nSPS) is 10.5. The van der Waals surface area contributed by atoms with Crippen LogP contribution in [-0.4, -0.2) is 19.3 Å². The van der Waals surface area contributed by atoms with Gasteiger partial charge in [0.2, 0.25) is 0 Å². The Morgan fingerprint density at radius 2 is 2.27 bits per heavy atom. The van der Waals surface area contributed by atoms with Crippen molar-refractivity contribution >= 4 is 0 Å². The first-order valence-corrected chi connectivity index (χ1v) is 4.77. The van der Waals surface area contributed by atoms with Gasteiger partial charge in [0.15, 0.2) is 5.82 Å². The number of aromatic nitrogens is 4. The van der Waals surface area contributed by atoms with Crippen molar-refractivity contribution in [3.63, 3.8) is 0 Å². The minimum absolute atomic E-state index is 0.0434. The second-order valence-corrected chi connectivity index (χ2v) is 3.31. The molecule has 15 heavy (non-hydrogen) atoms. The fourth-order valence-corrected chi connectivity index (χ4v) is 1.40. The Kier molecular flexibility index (Phi) is 2.37. The van der Waals surface area contributed by atoms with E-state index in [-0.39, 0.29) is 5.56 Å². The van der Waals surface area contributed by atoms with Crippen LogP contribution in [0.25, 0.3) is 11.4 Å². The van der Waals surface area contributed by atoms with Gasteiger partial charge in [0.1, 0.15) is 6.33 Å². The first kappa shape index (κ1) is 9.64. The first-order chi connectivity index (χ1) is 7.22. The maximum Gasteiger partial charge on any atom is 0.250 e. The lowest BCUT2D eigenvalue weighted by molar-refractivity contribution is 0.765. The molecular weight excluding hydrogens is 192 g/mol. The summed E-state index contributed by atoms with van der Waals surface area (Å²) in [5.41, 5.74) is 0.760. The number of aryl methyl sites for hydroxylation is 2. The third-order valence-corrected chi connectivity index (χ3v) is 2.32. The number of pyridine rings is 1. The Balaban J connectivity index is 2.54. The van der Waals surface area contributed by atoms with E-state index in [1.165, 1.54) is 4.57 Å². The minimum atomic E-state index is -0.0434. The highest BCUT2D eigenvalue weighted by atomic mass is 16.1. The first-order valence-electron chi connectivity index (χ1n) is 4.77. The standard InChI is InChI=1S/C10H12N4O/c1-3-14-7-11-12-10(14)8-4-5-13(2)9(15)6-8/h4-7H,3H2,1-2H3. The summed E-state index contributed by atoms with van der Waals surface area (Å²) in [4.78, 5) is 11.4. The van der Waals surface area contributed by atoms with Crippen molar-refractivity contribution in [3.05, 3.63) is 35.0 Å². The lowest BCUT2D eigenvalue weighted by Crippen LogP contribution is -2.14. The molecule has 5 heteroatoms. The van der Waals surface area contributed by atoms with Crippen LogP contribution in [0.2, 0.25) is 0 Å². The maximum absolute atomic E-state index is 11.4. The van der Waals surface area contributed by atoms with Gasteiger partial charge in [-0.2, -0.15) is 0 Å². The predicted octanol–water partition coefficient (Wildman–Crippen LogP) is 0.664.